The van der Waals surface area contributed by atoms with E-state index < -0.39 is 0 Å². The molecular weight excluding hydrogens is 246 g/mol. The van der Waals surface area contributed by atoms with Gasteiger partial charge in [0.05, 0.1) is 0 Å². The fourth-order valence-electron chi connectivity index (χ4n) is 2.51. The Balaban J connectivity index is 1.80. The first-order valence-electron chi connectivity index (χ1n) is 6.42. The van der Waals surface area contributed by atoms with E-state index in [4.69, 9.17) is 0 Å². The van der Waals surface area contributed by atoms with Gasteiger partial charge in [0.15, 0.2) is 0 Å². The lowest BCUT2D eigenvalue weighted by Crippen LogP contribution is -2.28. The standard InChI is InChI=1S/C14H21NS2/c16-11-14(6-2-1-3-7-14)12-17-10-13-4-8-15-9-5-13/h4-5,8-9,16H,1-3,6-7,10-12H2. The summed E-state index contributed by atoms with van der Waals surface area (Å²) in [6, 6.07) is 4.22. The second kappa shape index (κ2) is 6.69. The van der Waals surface area contributed by atoms with E-state index in [0.29, 0.717) is 5.41 Å². The van der Waals surface area contributed by atoms with Crippen LogP contribution in [0.4, 0.5) is 0 Å². The van der Waals surface area contributed by atoms with Crippen molar-refractivity contribution in [1.29, 1.82) is 0 Å². The minimum absolute atomic E-state index is 0.513. The Morgan fingerprint density at radius 2 is 1.88 bits per heavy atom. The second-order valence-corrected chi connectivity index (χ2v) is 6.37. The molecule has 0 radical (unpaired) electrons. The molecule has 2 rings (SSSR count). The summed E-state index contributed by atoms with van der Waals surface area (Å²) in [7, 11) is 0. The van der Waals surface area contributed by atoms with Gasteiger partial charge < -0.3 is 0 Å². The Bertz CT molecular complexity index is 320. The first-order chi connectivity index (χ1) is 8.35. The highest BCUT2D eigenvalue weighted by molar-refractivity contribution is 7.98. The van der Waals surface area contributed by atoms with Gasteiger partial charge in [0, 0.05) is 23.9 Å². The number of pyridine rings is 1. The number of hydrogen-bond donors (Lipinski definition) is 1. The van der Waals surface area contributed by atoms with Crippen LogP contribution < -0.4 is 0 Å². The lowest BCUT2D eigenvalue weighted by molar-refractivity contribution is 0.259. The number of aromatic nitrogens is 1. The Morgan fingerprint density at radius 3 is 2.53 bits per heavy atom. The smallest absolute Gasteiger partial charge is 0.0270 e. The maximum atomic E-state index is 4.59. The van der Waals surface area contributed by atoms with Gasteiger partial charge in [0.1, 0.15) is 0 Å². The molecule has 0 aliphatic heterocycles. The van der Waals surface area contributed by atoms with E-state index in [1.165, 1.54) is 43.4 Å². The van der Waals surface area contributed by atoms with Crippen LogP contribution in [0.1, 0.15) is 37.7 Å². The largest absolute Gasteiger partial charge is 0.265 e. The van der Waals surface area contributed by atoms with Crippen LogP contribution in [-0.2, 0) is 5.75 Å². The topological polar surface area (TPSA) is 12.9 Å². The molecule has 1 aliphatic carbocycles. The van der Waals surface area contributed by atoms with Crippen molar-refractivity contribution < 1.29 is 0 Å². The molecule has 3 heteroatoms. The highest BCUT2D eigenvalue weighted by Crippen LogP contribution is 2.40. The summed E-state index contributed by atoms with van der Waals surface area (Å²) in [6.45, 7) is 0. The van der Waals surface area contributed by atoms with E-state index in [1.54, 1.807) is 0 Å². The summed E-state index contributed by atoms with van der Waals surface area (Å²) < 4.78 is 0. The molecule has 1 saturated carbocycles. The maximum Gasteiger partial charge on any atom is 0.0270 e. The van der Waals surface area contributed by atoms with Crippen molar-refractivity contribution >= 4 is 24.4 Å². The average molecular weight is 267 g/mol. The van der Waals surface area contributed by atoms with Crippen LogP contribution >= 0.6 is 24.4 Å². The summed E-state index contributed by atoms with van der Waals surface area (Å²) in [4.78, 5) is 4.05. The van der Waals surface area contributed by atoms with E-state index in [0.717, 1.165) is 11.5 Å². The monoisotopic (exact) mass is 267 g/mol. The zero-order valence-electron chi connectivity index (χ0n) is 10.3. The first kappa shape index (κ1) is 13.3. The molecule has 1 fully saturated rings. The summed E-state index contributed by atoms with van der Waals surface area (Å²) in [5, 5.41) is 0. The number of thiol groups is 1. The quantitative estimate of drug-likeness (QED) is 0.803. The number of nitrogens with zero attached hydrogens (tertiary/aromatic N) is 1. The predicted molar refractivity (Wildman–Crippen MR) is 79.8 cm³/mol. The summed E-state index contributed by atoms with van der Waals surface area (Å²) in [6.07, 6.45) is 10.7. The molecule has 0 saturated heterocycles. The van der Waals surface area contributed by atoms with Crippen LogP contribution in [0.2, 0.25) is 0 Å². The van der Waals surface area contributed by atoms with Crippen LogP contribution in [0.3, 0.4) is 0 Å². The van der Waals surface area contributed by atoms with E-state index in [1.807, 2.05) is 12.4 Å². The molecule has 1 nitrogen and oxygen atoms in total. The van der Waals surface area contributed by atoms with Crippen LogP contribution in [-0.4, -0.2) is 16.5 Å². The van der Waals surface area contributed by atoms with Gasteiger partial charge >= 0.3 is 0 Å². The van der Waals surface area contributed by atoms with Crippen molar-refractivity contribution in [2.45, 2.75) is 37.9 Å². The van der Waals surface area contributed by atoms with Crippen molar-refractivity contribution in [3.63, 3.8) is 0 Å². The molecular formula is C14H21NS2. The summed E-state index contributed by atoms with van der Waals surface area (Å²) >= 11 is 6.65. The lowest BCUT2D eigenvalue weighted by atomic mass is 9.77. The molecule has 1 aromatic rings. The van der Waals surface area contributed by atoms with Crippen molar-refractivity contribution in [2.24, 2.45) is 5.41 Å². The van der Waals surface area contributed by atoms with E-state index in [9.17, 15) is 0 Å². The second-order valence-electron chi connectivity index (χ2n) is 5.07. The highest BCUT2D eigenvalue weighted by Gasteiger charge is 2.30. The van der Waals surface area contributed by atoms with Gasteiger partial charge in [-0.1, -0.05) is 19.3 Å². The Hall–Kier alpha value is -0.150. The molecule has 0 amide bonds. The third kappa shape index (κ3) is 3.92. The molecule has 0 aromatic carbocycles. The van der Waals surface area contributed by atoms with Crippen molar-refractivity contribution in [3.8, 4) is 0 Å². The van der Waals surface area contributed by atoms with Crippen LogP contribution in [0.15, 0.2) is 24.5 Å². The van der Waals surface area contributed by atoms with Crippen molar-refractivity contribution in [2.75, 3.05) is 11.5 Å². The molecule has 1 aliphatic rings. The van der Waals surface area contributed by atoms with Gasteiger partial charge in [-0.15, -0.1) is 0 Å². The number of hydrogen-bond acceptors (Lipinski definition) is 3. The van der Waals surface area contributed by atoms with Crippen LogP contribution in [0, 0.1) is 5.41 Å². The first-order valence-corrected chi connectivity index (χ1v) is 8.21. The van der Waals surface area contributed by atoms with Crippen LogP contribution in [0.25, 0.3) is 0 Å². The van der Waals surface area contributed by atoms with Crippen molar-refractivity contribution in [1.82, 2.24) is 4.98 Å². The van der Waals surface area contributed by atoms with Crippen molar-refractivity contribution in [3.05, 3.63) is 30.1 Å². The van der Waals surface area contributed by atoms with Gasteiger partial charge in [-0.2, -0.15) is 24.4 Å². The number of rotatable bonds is 5. The third-order valence-electron chi connectivity index (χ3n) is 3.68. The molecule has 17 heavy (non-hydrogen) atoms. The van der Waals surface area contributed by atoms with E-state index in [2.05, 4.69) is 41.5 Å². The normalized spacial score (nSPS) is 19.1. The van der Waals surface area contributed by atoms with E-state index >= 15 is 0 Å². The lowest BCUT2D eigenvalue weighted by Gasteiger charge is -2.35. The minimum Gasteiger partial charge on any atom is -0.265 e. The minimum atomic E-state index is 0.513. The molecule has 0 atom stereocenters. The zero-order chi connectivity index (χ0) is 12.0. The molecule has 1 aromatic heterocycles. The SMILES string of the molecule is SCC1(CSCc2ccncc2)CCCCC1. The molecule has 0 unspecified atom stereocenters. The Kier molecular flexibility index (Phi) is 5.23. The van der Waals surface area contributed by atoms with Gasteiger partial charge in [-0.05, 0) is 41.7 Å². The number of thioether (sulfide) groups is 1. The molecule has 94 valence electrons. The molecule has 0 spiro atoms. The Morgan fingerprint density at radius 1 is 1.18 bits per heavy atom. The zero-order valence-corrected chi connectivity index (χ0v) is 12.0. The van der Waals surface area contributed by atoms with Crippen LogP contribution in [0.5, 0.6) is 0 Å². The van der Waals surface area contributed by atoms with Gasteiger partial charge in [0.2, 0.25) is 0 Å². The molecule has 0 N–H and O–H groups in total. The average Bonchev–Trinajstić information content (AvgIpc) is 2.41. The van der Waals surface area contributed by atoms with E-state index in [-0.39, 0.29) is 0 Å². The fourth-order valence-corrected chi connectivity index (χ4v) is 4.45. The Labute approximate surface area is 114 Å². The van der Waals surface area contributed by atoms with Gasteiger partial charge in [-0.3, -0.25) is 4.98 Å². The fraction of sp³-hybridized carbons (Fsp3) is 0.643. The summed E-state index contributed by atoms with van der Waals surface area (Å²) in [5.74, 6) is 3.42. The van der Waals surface area contributed by atoms with Gasteiger partial charge in [0.25, 0.3) is 0 Å². The maximum absolute atomic E-state index is 4.59. The summed E-state index contributed by atoms with van der Waals surface area (Å²) in [5.41, 5.74) is 1.90. The third-order valence-corrected chi connectivity index (χ3v) is 5.70. The molecule has 1 heterocycles. The highest BCUT2D eigenvalue weighted by atomic mass is 32.2. The molecule has 0 bridgehead atoms. The van der Waals surface area contributed by atoms with Gasteiger partial charge in [-0.25, -0.2) is 0 Å². The predicted octanol–water partition coefficient (Wildman–Crippen LogP) is 4.20.